The van der Waals surface area contributed by atoms with E-state index in [2.05, 4.69) is 24.3 Å². The van der Waals surface area contributed by atoms with Gasteiger partial charge in [-0.3, -0.25) is 0 Å². The van der Waals surface area contributed by atoms with E-state index < -0.39 is 0 Å². The van der Waals surface area contributed by atoms with E-state index >= 15 is 0 Å². The molecule has 1 aliphatic carbocycles. The summed E-state index contributed by atoms with van der Waals surface area (Å²) in [6.45, 7) is 0. The topological polar surface area (TPSA) is 38.8 Å². The van der Waals surface area contributed by atoms with Crippen molar-refractivity contribution in [1.82, 2.24) is 0 Å². The smallest absolute Gasteiger partial charge is 0.334 e. The Labute approximate surface area is 147 Å². The minimum Gasteiger partial charge on any atom is -0.466 e. The second-order valence-corrected chi connectivity index (χ2v) is 6.49. The minimum atomic E-state index is -0.315. The van der Waals surface area contributed by atoms with Gasteiger partial charge in [0.2, 0.25) is 0 Å². The number of allylic oxidation sites excluding steroid dienone is 1. The SMILES string of the molecule is COC(=O)C1=C[C@@H]2O[C@]2(c2ccccc2)C[C@H]1/C=C/c1ccccc1. The maximum atomic E-state index is 12.2. The highest BCUT2D eigenvalue weighted by Crippen LogP contribution is 2.56. The van der Waals surface area contributed by atoms with E-state index in [1.807, 2.05) is 54.6 Å². The maximum absolute atomic E-state index is 12.2. The first-order valence-corrected chi connectivity index (χ1v) is 8.49. The Balaban J connectivity index is 1.66. The van der Waals surface area contributed by atoms with Crippen LogP contribution in [0.4, 0.5) is 0 Å². The Kier molecular flexibility index (Phi) is 4.02. The molecule has 2 aromatic rings. The van der Waals surface area contributed by atoms with Crippen LogP contribution >= 0.6 is 0 Å². The fraction of sp³-hybridized carbons (Fsp3) is 0.227. The predicted molar refractivity (Wildman–Crippen MR) is 96.7 cm³/mol. The molecule has 1 saturated heterocycles. The standard InChI is InChI=1S/C22H20O3/c1-24-21(23)19-14-20-22(25-20,18-10-6-3-7-11-18)15-17(19)13-12-16-8-4-2-5-9-16/h2-14,17,20H,15H2,1H3/b13-12+/t17-,20+,22+/m1/s1. The number of epoxide rings is 1. The fourth-order valence-electron chi connectivity index (χ4n) is 3.62. The maximum Gasteiger partial charge on any atom is 0.334 e. The molecule has 0 saturated carbocycles. The number of benzene rings is 2. The van der Waals surface area contributed by atoms with Gasteiger partial charge in [-0.1, -0.05) is 72.8 Å². The van der Waals surface area contributed by atoms with Crippen molar-refractivity contribution in [3.8, 4) is 0 Å². The molecule has 0 bridgehead atoms. The van der Waals surface area contributed by atoms with Crippen molar-refractivity contribution in [2.24, 2.45) is 5.92 Å². The molecule has 2 aromatic carbocycles. The predicted octanol–water partition coefficient (Wildman–Crippen LogP) is 4.11. The van der Waals surface area contributed by atoms with Crippen LogP contribution in [0.25, 0.3) is 6.08 Å². The fourth-order valence-corrected chi connectivity index (χ4v) is 3.62. The summed E-state index contributed by atoms with van der Waals surface area (Å²) >= 11 is 0. The quantitative estimate of drug-likeness (QED) is 0.625. The molecule has 2 aliphatic rings. The summed E-state index contributed by atoms with van der Waals surface area (Å²) in [4.78, 5) is 12.2. The molecule has 0 N–H and O–H groups in total. The first-order chi connectivity index (χ1) is 12.2. The van der Waals surface area contributed by atoms with Crippen LogP contribution in [0.2, 0.25) is 0 Å². The molecular weight excluding hydrogens is 312 g/mol. The van der Waals surface area contributed by atoms with Crippen molar-refractivity contribution in [1.29, 1.82) is 0 Å². The average Bonchev–Trinajstić information content (AvgIpc) is 3.41. The van der Waals surface area contributed by atoms with Gasteiger partial charge in [0, 0.05) is 11.5 Å². The highest BCUT2D eigenvalue weighted by Gasteiger charge is 2.60. The molecule has 25 heavy (non-hydrogen) atoms. The molecule has 1 aliphatic heterocycles. The molecule has 1 heterocycles. The molecule has 0 aromatic heterocycles. The van der Waals surface area contributed by atoms with Gasteiger partial charge >= 0.3 is 5.97 Å². The van der Waals surface area contributed by atoms with Gasteiger partial charge in [-0.25, -0.2) is 4.79 Å². The van der Waals surface area contributed by atoms with Crippen molar-refractivity contribution in [3.05, 3.63) is 89.5 Å². The molecule has 1 fully saturated rings. The second kappa shape index (κ2) is 6.34. The number of fused-ring (bicyclic) bond motifs is 1. The lowest BCUT2D eigenvalue weighted by molar-refractivity contribution is -0.136. The Hall–Kier alpha value is -2.65. The molecule has 3 nitrogen and oxygen atoms in total. The van der Waals surface area contributed by atoms with Gasteiger partial charge in [0.15, 0.2) is 0 Å². The van der Waals surface area contributed by atoms with Crippen LogP contribution in [-0.2, 0) is 19.9 Å². The Morgan fingerprint density at radius 1 is 1.12 bits per heavy atom. The molecule has 126 valence electrons. The number of carbonyl (C=O) groups is 1. The van der Waals surface area contributed by atoms with Gasteiger partial charge in [-0.15, -0.1) is 0 Å². The Bertz CT molecular complexity index is 823. The first kappa shape index (κ1) is 15.9. The summed E-state index contributed by atoms with van der Waals surface area (Å²) in [5.41, 5.74) is 2.64. The molecule has 3 heteroatoms. The van der Waals surface area contributed by atoms with Crippen molar-refractivity contribution >= 4 is 12.0 Å². The van der Waals surface area contributed by atoms with Crippen LogP contribution in [0.15, 0.2) is 78.4 Å². The second-order valence-electron chi connectivity index (χ2n) is 6.49. The number of ether oxygens (including phenoxy) is 2. The zero-order chi connectivity index (χ0) is 17.3. The molecule has 0 amide bonds. The van der Waals surface area contributed by atoms with E-state index in [1.165, 1.54) is 12.7 Å². The van der Waals surface area contributed by atoms with E-state index in [9.17, 15) is 4.79 Å². The molecule has 0 spiro atoms. The summed E-state index contributed by atoms with van der Waals surface area (Å²) in [6, 6.07) is 20.3. The van der Waals surface area contributed by atoms with E-state index in [4.69, 9.17) is 9.47 Å². The van der Waals surface area contributed by atoms with Gasteiger partial charge in [0.05, 0.1) is 7.11 Å². The van der Waals surface area contributed by atoms with Gasteiger partial charge < -0.3 is 9.47 Å². The zero-order valence-electron chi connectivity index (χ0n) is 14.1. The highest BCUT2D eigenvalue weighted by molar-refractivity contribution is 5.90. The normalized spacial score (nSPS) is 27.5. The van der Waals surface area contributed by atoms with E-state index in [0.717, 1.165) is 12.0 Å². The Morgan fingerprint density at radius 2 is 1.80 bits per heavy atom. The van der Waals surface area contributed by atoms with Crippen molar-refractivity contribution in [3.63, 3.8) is 0 Å². The lowest BCUT2D eigenvalue weighted by atomic mass is 9.77. The number of hydrogen-bond acceptors (Lipinski definition) is 3. The largest absolute Gasteiger partial charge is 0.466 e. The third-order valence-electron chi connectivity index (χ3n) is 5.00. The lowest BCUT2D eigenvalue weighted by Gasteiger charge is -2.24. The van der Waals surface area contributed by atoms with Crippen molar-refractivity contribution in [2.45, 2.75) is 18.1 Å². The molecule has 0 unspecified atom stereocenters. The van der Waals surface area contributed by atoms with Crippen molar-refractivity contribution < 1.29 is 14.3 Å². The van der Waals surface area contributed by atoms with Crippen molar-refractivity contribution in [2.75, 3.05) is 7.11 Å². The lowest BCUT2D eigenvalue weighted by Crippen LogP contribution is -2.26. The number of carbonyl (C=O) groups excluding carboxylic acids is 1. The third-order valence-corrected chi connectivity index (χ3v) is 5.00. The van der Waals surface area contributed by atoms with Crippen LogP contribution < -0.4 is 0 Å². The summed E-state index contributed by atoms with van der Waals surface area (Å²) in [5.74, 6) is -0.313. The molecule has 3 atom stereocenters. The Morgan fingerprint density at radius 3 is 2.48 bits per heavy atom. The highest BCUT2D eigenvalue weighted by atomic mass is 16.6. The molecule has 0 radical (unpaired) electrons. The van der Waals surface area contributed by atoms with Crippen LogP contribution in [0.1, 0.15) is 17.5 Å². The first-order valence-electron chi connectivity index (χ1n) is 8.49. The number of rotatable bonds is 4. The number of methoxy groups -OCH3 is 1. The zero-order valence-corrected chi connectivity index (χ0v) is 14.1. The van der Waals surface area contributed by atoms with Gasteiger partial charge in [-0.05, 0) is 23.6 Å². The summed E-state index contributed by atoms with van der Waals surface area (Å²) in [5, 5.41) is 0. The van der Waals surface area contributed by atoms with Crippen LogP contribution in [0.5, 0.6) is 0 Å². The van der Waals surface area contributed by atoms with Gasteiger partial charge in [0.1, 0.15) is 11.7 Å². The summed E-state index contributed by atoms with van der Waals surface area (Å²) in [7, 11) is 1.42. The third kappa shape index (κ3) is 2.92. The van der Waals surface area contributed by atoms with E-state index in [0.29, 0.717) is 5.57 Å². The van der Waals surface area contributed by atoms with Crippen LogP contribution in [0.3, 0.4) is 0 Å². The molecular formula is C22H20O3. The van der Waals surface area contributed by atoms with Crippen LogP contribution in [-0.4, -0.2) is 19.2 Å². The summed E-state index contributed by atoms with van der Waals surface area (Å²) < 4.78 is 11.0. The van der Waals surface area contributed by atoms with Gasteiger partial charge in [0.25, 0.3) is 0 Å². The average molecular weight is 332 g/mol. The monoisotopic (exact) mass is 332 g/mol. The van der Waals surface area contributed by atoms with Crippen LogP contribution in [0, 0.1) is 5.92 Å². The molecule has 4 rings (SSSR count). The van der Waals surface area contributed by atoms with Gasteiger partial charge in [-0.2, -0.15) is 0 Å². The number of esters is 1. The minimum absolute atomic E-state index is 0.0355. The summed E-state index contributed by atoms with van der Waals surface area (Å²) in [6.07, 6.45) is 6.77. The number of hydrogen-bond donors (Lipinski definition) is 0. The van der Waals surface area contributed by atoms with E-state index in [-0.39, 0.29) is 23.6 Å². The van der Waals surface area contributed by atoms with E-state index in [1.54, 1.807) is 0 Å².